The van der Waals surface area contributed by atoms with E-state index in [4.69, 9.17) is 9.47 Å². The Bertz CT molecular complexity index is 797. The highest BCUT2D eigenvalue weighted by Crippen LogP contribution is 2.14. The smallest absolute Gasteiger partial charge is 0.258 e. The summed E-state index contributed by atoms with van der Waals surface area (Å²) in [6.07, 6.45) is 2.15. The zero-order valence-electron chi connectivity index (χ0n) is 15.7. The summed E-state index contributed by atoms with van der Waals surface area (Å²) < 4.78 is 10.8. The second kappa shape index (κ2) is 9.19. The number of anilines is 1. The molecule has 142 valence electrons. The van der Waals surface area contributed by atoms with Crippen LogP contribution in [0.2, 0.25) is 0 Å². The lowest BCUT2D eigenvalue weighted by atomic mass is 10.2. The van der Waals surface area contributed by atoms with Crippen LogP contribution in [0.3, 0.4) is 0 Å². The molecule has 1 atom stereocenters. The van der Waals surface area contributed by atoms with E-state index in [0.29, 0.717) is 23.8 Å². The predicted molar refractivity (Wildman–Crippen MR) is 107 cm³/mol. The monoisotopic (exact) mass is 367 g/mol. The van der Waals surface area contributed by atoms with Gasteiger partial charge in [0.25, 0.3) is 5.91 Å². The number of carbonyl (C=O) groups is 1. The van der Waals surface area contributed by atoms with Crippen molar-refractivity contribution in [1.82, 2.24) is 5.32 Å². The molecule has 1 unspecified atom stereocenters. The zero-order chi connectivity index (χ0) is 19.1. The molecule has 0 spiro atoms. The lowest BCUT2D eigenvalue weighted by Gasteiger charge is -2.14. The van der Waals surface area contributed by atoms with Gasteiger partial charge >= 0.3 is 0 Å². The summed E-state index contributed by atoms with van der Waals surface area (Å²) in [7, 11) is 1.57. The number of aryl methyl sites for hydroxylation is 1. The van der Waals surface area contributed by atoms with E-state index in [9.17, 15) is 4.79 Å². The molecular weight excluding hydrogens is 342 g/mol. The van der Waals surface area contributed by atoms with Crippen LogP contribution >= 0.6 is 0 Å². The van der Waals surface area contributed by atoms with Gasteiger partial charge in [-0.2, -0.15) is 0 Å². The number of methoxy groups -OCH3 is 1. The molecule has 0 bridgehead atoms. The number of aliphatic imine (C=N–C) groups is 1. The van der Waals surface area contributed by atoms with E-state index in [1.54, 1.807) is 31.4 Å². The van der Waals surface area contributed by atoms with E-state index in [2.05, 4.69) is 15.6 Å². The molecule has 3 rings (SSSR count). The lowest BCUT2D eigenvalue weighted by molar-refractivity contribution is 0.0975. The maximum atomic E-state index is 12.6. The van der Waals surface area contributed by atoms with Gasteiger partial charge in [-0.25, -0.2) is 4.99 Å². The van der Waals surface area contributed by atoms with Crippen molar-refractivity contribution in [3.63, 3.8) is 0 Å². The van der Waals surface area contributed by atoms with Crippen LogP contribution in [0.4, 0.5) is 5.69 Å². The third-order valence-corrected chi connectivity index (χ3v) is 4.36. The Hall–Kier alpha value is -2.86. The highest BCUT2D eigenvalue weighted by atomic mass is 16.5. The SMILES string of the molecule is COc1cccc(C(=O)NC(=NCC2CCCO2)Nc2ccc(C)cc2)c1. The molecule has 6 nitrogen and oxygen atoms in total. The molecule has 1 saturated heterocycles. The van der Waals surface area contributed by atoms with Crippen LogP contribution in [0.15, 0.2) is 53.5 Å². The number of nitrogens with zero attached hydrogens (tertiary/aromatic N) is 1. The van der Waals surface area contributed by atoms with E-state index >= 15 is 0 Å². The van der Waals surface area contributed by atoms with Gasteiger partial charge in [0.2, 0.25) is 5.96 Å². The van der Waals surface area contributed by atoms with Gasteiger partial charge < -0.3 is 14.8 Å². The van der Waals surface area contributed by atoms with Crippen molar-refractivity contribution in [1.29, 1.82) is 0 Å². The van der Waals surface area contributed by atoms with E-state index in [0.717, 1.165) is 25.1 Å². The van der Waals surface area contributed by atoms with Crippen molar-refractivity contribution in [2.45, 2.75) is 25.9 Å². The van der Waals surface area contributed by atoms with Crippen LogP contribution in [-0.4, -0.2) is 38.2 Å². The number of hydrogen-bond donors (Lipinski definition) is 2. The molecule has 0 aliphatic carbocycles. The molecule has 0 saturated carbocycles. The molecule has 0 aromatic heterocycles. The summed E-state index contributed by atoms with van der Waals surface area (Å²) in [4.78, 5) is 17.2. The van der Waals surface area contributed by atoms with Gasteiger partial charge in [0.05, 0.1) is 19.8 Å². The third kappa shape index (κ3) is 5.56. The first kappa shape index (κ1) is 18.9. The van der Waals surface area contributed by atoms with E-state index < -0.39 is 0 Å². The number of rotatable bonds is 5. The molecule has 2 aromatic rings. The van der Waals surface area contributed by atoms with Crippen LogP contribution in [0.1, 0.15) is 28.8 Å². The average molecular weight is 367 g/mol. The summed E-state index contributed by atoms with van der Waals surface area (Å²) in [5.74, 6) is 0.786. The highest BCUT2D eigenvalue weighted by Gasteiger charge is 2.16. The lowest BCUT2D eigenvalue weighted by Crippen LogP contribution is -2.36. The Morgan fingerprint density at radius 2 is 2.07 bits per heavy atom. The van der Waals surface area contributed by atoms with Gasteiger partial charge in [0.15, 0.2) is 0 Å². The topological polar surface area (TPSA) is 72.0 Å². The summed E-state index contributed by atoms with van der Waals surface area (Å²) >= 11 is 0. The van der Waals surface area contributed by atoms with Crippen molar-refractivity contribution in [3.8, 4) is 5.75 Å². The molecule has 1 aliphatic rings. The quantitative estimate of drug-likeness (QED) is 0.628. The van der Waals surface area contributed by atoms with Crippen LogP contribution in [0.5, 0.6) is 5.75 Å². The molecule has 0 radical (unpaired) electrons. The number of carbonyl (C=O) groups excluding carboxylic acids is 1. The fourth-order valence-electron chi connectivity index (χ4n) is 2.81. The van der Waals surface area contributed by atoms with Gasteiger partial charge in [-0.15, -0.1) is 0 Å². The van der Waals surface area contributed by atoms with Gasteiger partial charge in [0.1, 0.15) is 5.75 Å². The Morgan fingerprint density at radius 3 is 2.78 bits per heavy atom. The zero-order valence-corrected chi connectivity index (χ0v) is 15.7. The molecule has 1 amide bonds. The van der Waals surface area contributed by atoms with Gasteiger partial charge in [-0.1, -0.05) is 23.8 Å². The Labute approximate surface area is 159 Å². The molecule has 2 aromatic carbocycles. The fraction of sp³-hybridized carbons (Fsp3) is 0.333. The van der Waals surface area contributed by atoms with Crippen molar-refractivity contribution in [2.24, 2.45) is 4.99 Å². The Balaban J connectivity index is 1.74. The first-order valence-electron chi connectivity index (χ1n) is 9.09. The van der Waals surface area contributed by atoms with Gasteiger partial charge in [-0.05, 0) is 50.1 Å². The summed E-state index contributed by atoms with van der Waals surface area (Å²) in [5.41, 5.74) is 2.53. The summed E-state index contributed by atoms with van der Waals surface area (Å²) in [6, 6.07) is 14.9. The maximum Gasteiger partial charge on any atom is 0.258 e. The number of amides is 1. The standard InChI is InChI=1S/C21H25N3O3/c1-15-8-10-17(11-9-15)23-21(22-14-19-7-4-12-27-19)24-20(25)16-5-3-6-18(13-16)26-2/h3,5-6,8-11,13,19H,4,7,12,14H2,1-2H3,(H2,22,23,24,25). The molecule has 2 N–H and O–H groups in total. The molecule has 1 heterocycles. The van der Waals surface area contributed by atoms with E-state index in [1.165, 1.54) is 5.56 Å². The van der Waals surface area contributed by atoms with Crippen molar-refractivity contribution >= 4 is 17.6 Å². The van der Waals surface area contributed by atoms with Crippen LogP contribution in [-0.2, 0) is 4.74 Å². The van der Waals surface area contributed by atoms with Crippen molar-refractivity contribution < 1.29 is 14.3 Å². The Kier molecular flexibility index (Phi) is 6.44. The second-order valence-corrected chi connectivity index (χ2v) is 6.50. The first-order chi connectivity index (χ1) is 13.1. The normalized spacial score (nSPS) is 16.8. The number of nitrogens with one attached hydrogen (secondary N) is 2. The molecule has 6 heteroatoms. The minimum atomic E-state index is -0.250. The molecule has 1 fully saturated rings. The van der Waals surface area contributed by atoms with Crippen LogP contribution in [0.25, 0.3) is 0 Å². The molecule has 27 heavy (non-hydrogen) atoms. The summed E-state index contributed by atoms with van der Waals surface area (Å²) in [6.45, 7) is 3.31. The van der Waals surface area contributed by atoms with Crippen molar-refractivity contribution in [3.05, 3.63) is 59.7 Å². The molecular formula is C21H25N3O3. The van der Waals surface area contributed by atoms with E-state index in [-0.39, 0.29) is 12.0 Å². The third-order valence-electron chi connectivity index (χ3n) is 4.36. The second-order valence-electron chi connectivity index (χ2n) is 6.50. The minimum absolute atomic E-state index is 0.105. The van der Waals surface area contributed by atoms with Crippen molar-refractivity contribution in [2.75, 3.05) is 25.6 Å². The number of guanidine groups is 1. The number of benzene rings is 2. The number of ether oxygens (including phenoxy) is 2. The van der Waals surface area contributed by atoms with Crippen LogP contribution < -0.4 is 15.4 Å². The van der Waals surface area contributed by atoms with Gasteiger partial charge in [-0.3, -0.25) is 10.1 Å². The predicted octanol–water partition coefficient (Wildman–Crippen LogP) is 3.38. The average Bonchev–Trinajstić information content (AvgIpc) is 3.21. The fourth-order valence-corrected chi connectivity index (χ4v) is 2.81. The minimum Gasteiger partial charge on any atom is -0.497 e. The Morgan fingerprint density at radius 1 is 1.26 bits per heavy atom. The van der Waals surface area contributed by atoms with Gasteiger partial charge in [0, 0.05) is 17.9 Å². The largest absolute Gasteiger partial charge is 0.497 e. The molecule has 1 aliphatic heterocycles. The van der Waals surface area contributed by atoms with Crippen LogP contribution in [0, 0.1) is 6.92 Å². The first-order valence-corrected chi connectivity index (χ1v) is 9.09. The maximum absolute atomic E-state index is 12.6. The highest BCUT2D eigenvalue weighted by molar-refractivity contribution is 6.10. The number of hydrogen-bond acceptors (Lipinski definition) is 4. The van der Waals surface area contributed by atoms with E-state index in [1.807, 2.05) is 31.2 Å². The summed E-state index contributed by atoms with van der Waals surface area (Å²) in [5, 5.41) is 6.05.